The van der Waals surface area contributed by atoms with Gasteiger partial charge in [-0.05, 0) is 54.8 Å². The van der Waals surface area contributed by atoms with Crippen LogP contribution in [0.4, 0.5) is 5.69 Å². The molecule has 2 amide bonds. The lowest BCUT2D eigenvalue weighted by molar-refractivity contribution is -0.121. The van der Waals surface area contributed by atoms with E-state index in [2.05, 4.69) is 10.6 Å². The molecule has 0 bridgehead atoms. The summed E-state index contributed by atoms with van der Waals surface area (Å²) in [5.74, 6) is 0.0413. The monoisotopic (exact) mass is 488 g/mol. The Labute approximate surface area is 207 Å². The third-order valence-corrected chi connectivity index (χ3v) is 5.91. The quantitative estimate of drug-likeness (QED) is 0.356. The first-order chi connectivity index (χ1) is 17.5. The Morgan fingerprint density at radius 2 is 1.69 bits per heavy atom. The van der Waals surface area contributed by atoms with E-state index in [1.165, 1.54) is 10.8 Å². The molecule has 2 N–H and O–H groups in total. The molecule has 0 aliphatic heterocycles. The van der Waals surface area contributed by atoms with Gasteiger partial charge in [0, 0.05) is 18.7 Å². The van der Waals surface area contributed by atoms with E-state index < -0.39 is 11.2 Å². The number of furan rings is 1. The van der Waals surface area contributed by atoms with E-state index in [1.807, 2.05) is 31.2 Å². The van der Waals surface area contributed by atoms with Gasteiger partial charge >= 0.3 is 5.69 Å². The van der Waals surface area contributed by atoms with Crippen LogP contribution in [0, 0.1) is 0 Å². The first kappa shape index (κ1) is 24.7. The van der Waals surface area contributed by atoms with Crippen molar-refractivity contribution in [3.8, 4) is 0 Å². The van der Waals surface area contributed by atoms with Crippen LogP contribution in [-0.2, 0) is 35.6 Å². The van der Waals surface area contributed by atoms with E-state index in [1.54, 1.807) is 36.4 Å². The fraction of sp³-hybridized carbons (Fsp3) is 0.259. The average molecular weight is 489 g/mol. The fourth-order valence-electron chi connectivity index (χ4n) is 3.97. The summed E-state index contributed by atoms with van der Waals surface area (Å²) in [6, 6.07) is 17.7. The number of aryl methyl sites for hydroxylation is 1. The van der Waals surface area contributed by atoms with E-state index >= 15 is 0 Å². The van der Waals surface area contributed by atoms with Crippen molar-refractivity contribution in [1.82, 2.24) is 14.5 Å². The highest BCUT2D eigenvalue weighted by Gasteiger charge is 2.16. The number of rotatable bonds is 10. The Balaban J connectivity index is 1.49. The topological polar surface area (TPSA) is 115 Å². The minimum absolute atomic E-state index is 0.0524. The SMILES string of the molecule is CCc1ccc(NC(=O)Cn2c(=O)n(CCCC(=O)NCc3ccco3)c(=O)c3ccccc32)cc1. The van der Waals surface area contributed by atoms with E-state index in [9.17, 15) is 19.2 Å². The third kappa shape index (κ3) is 5.80. The summed E-state index contributed by atoms with van der Waals surface area (Å²) in [4.78, 5) is 51.2. The number of hydrogen-bond acceptors (Lipinski definition) is 5. The van der Waals surface area contributed by atoms with Gasteiger partial charge in [-0.3, -0.25) is 23.5 Å². The minimum atomic E-state index is -0.592. The van der Waals surface area contributed by atoms with Crippen LogP contribution >= 0.6 is 0 Å². The van der Waals surface area contributed by atoms with E-state index in [0.29, 0.717) is 22.4 Å². The first-order valence-corrected chi connectivity index (χ1v) is 11.9. The molecule has 0 spiro atoms. The summed E-state index contributed by atoms with van der Waals surface area (Å²) in [6.45, 7) is 2.12. The summed E-state index contributed by atoms with van der Waals surface area (Å²) in [5, 5.41) is 5.88. The van der Waals surface area contributed by atoms with Crippen molar-refractivity contribution in [2.24, 2.45) is 0 Å². The van der Waals surface area contributed by atoms with Crippen LogP contribution in [0.1, 0.15) is 31.1 Å². The molecule has 0 aliphatic rings. The van der Waals surface area contributed by atoms with Gasteiger partial charge in [-0.1, -0.05) is 31.2 Å². The highest BCUT2D eigenvalue weighted by molar-refractivity contribution is 5.91. The lowest BCUT2D eigenvalue weighted by Crippen LogP contribution is -2.42. The molecule has 0 atom stereocenters. The number of nitrogens with one attached hydrogen (secondary N) is 2. The molecule has 2 aromatic heterocycles. The zero-order valence-corrected chi connectivity index (χ0v) is 20.0. The Kier molecular flexibility index (Phi) is 7.79. The molecule has 186 valence electrons. The van der Waals surface area contributed by atoms with Gasteiger partial charge < -0.3 is 15.1 Å². The molecule has 2 heterocycles. The van der Waals surface area contributed by atoms with Crippen molar-refractivity contribution in [1.29, 1.82) is 0 Å². The highest BCUT2D eigenvalue weighted by Crippen LogP contribution is 2.12. The molecule has 4 aromatic rings. The Hall–Kier alpha value is -4.40. The molecule has 0 saturated carbocycles. The largest absolute Gasteiger partial charge is 0.467 e. The predicted molar refractivity (Wildman–Crippen MR) is 137 cm³/mol. The van der Waals surface area contributed by atoms with Crippen LogP contribution < -0.4 is 21.9 Å². The first-order valence-electron chi connectivity index (χ1n) is 11.9. The van der Waals surface area contributed by atoms with Gasteiger partial charge in [0.05, 0.1) is 23.7 Å². The van der Waals surface area contributed by atoms with Gasteiger partial charge in [0.1, 0.15) is 12.3 Å². The van der Waals surface area contributed by atoms with E-state index in [4.69, 9.17) is 4.42 Å². The number of anilines is 1. The second-order valence-electron chi connectivity index (χ2n) is 8.40. The maximum Gasteiger partial charge on any atom is 0.331 e. The zero-order valence-electron chi connectivity index (χ0n) is 20.0. The van der Waals surface area contributed by atoms with Gasteiger partial charge in [0.25, 0.3) is 5.56 Å². The number of carbonyl (C=O) groups is 2. The standard InChI is InChI=1S/C27H28N4O5/c1-2-19-11-13-20(14-12-19)29-25(33)18-31-23-9-4-3-8-22(23)26(34)30(27(31)35)15-5-10-24(32)28-17-21-7-6-16-36-21/h3-4,6-9,11-14,16H,2,5,10,15,17-18H2,1H3,(H,28,32)(H,29,33). The van der Waals surface area contributed by atoms with Crippen molar-refractivity contribution in [3.05, 3.63) is 99.1 Å². The summed E-state index contributed by atoms with van der Waals surface area (Å²) in [6.07, 6.45) is 2.84. The molecular formula is C27H28N4O5. The molecule has 9 heteroatoms. The van der Waals surface area contributed by atoms with Crippen LogP contribution in [0.3, 0.4) is 0 Å². The number of aromatic nitrogens is 2. The normalized spacial score (nSPS) is 10.9. The van der Waals surface area contributed by atoms with E-state index in [0.717, 1.165) is 16.6 Å². The molecule has 0 aliphatic carbocycles. The van der Waals surface area contributed by atoms with Crippen molar-refractivity contribution in [2.75, 3.05) is 5.32 Å². The molecule has 0 saturated heterocycles. The van der Waals surface area contributed by atoms with Crippen molar-refractivity contribution >= 4 is 28.4 Å². The number of amides is 2. The zero-order chi connectivity index (χ0) is 25.5. The summed E-state index contributed by atoms with van der Waals surface area (Å²) in [7, 11) is 0. The lowest BCUT2D eigenvalue weighted by Gasteiger charge is -2.14. The summed E-state index contributed by atoms with van der Waals surface area (Å²) < 4.78 is 7.57. The van der Waals surface area contributed by atoms with E-state index in [-0.39, 0.29) is 44.3 Å². The third-order valence-electron chi connectivity index (χ3n) is 5.91. The Bertz CT molecular complexity index is 1470. The van der Waals surface area contributed by atoms with Crippen LogP contribution in [0.25, 0.3) is 10.9 Å². The second kappa shape index (κ2) is 11.4. The van der Waals surface area contributed by atoms with Crippen LogP contribution in [0.15, 0.2) is 80.9 Å². The number of carbonyl (C=O) groups excluding carboxylic acids is 2. The summed E-state index contributed by atoms with van der Waals surface area (Å²) >= 11 is 0. The van der Waals surface area contributed by atoms with Crippen molar-refractivity contribution in [3.63, 3.8) is 0 Å². The van der Waals surface area contributed by atoms with Gasteiger partial charge in [-0.25, -0.2) is 4.79 Å². The van der Waals surface area contributed by atoms with Crippen LogP contribution in [0.5, 0.6) is 0 Å². The maximum absolute atomic E-state index is 13.3. The minimum Gasteiger partial charge on any atom is -0.467 e. The molecule has 4 rings (SSSR count). The lowest BCUT2D eigenvalue weighted by atomic mass is 10.1. The van der Waals surface area contributed by atoms with Gasteiger partial charge in [0.15, 0.2) is 0 Å². The fourth-order valence-corrected chi connectivity index (χ4v) is 3.97. The molecular weight excluding hydrogens is 460 g/mol. The second-order valence-corrected chi connectivity index (χ2v) is 8.40. The number of nitrogens with zero attached hydrogens (tertiary/aromatic N) is 2. The van der Waals surface area contributed by atoms with Gasteiger partial charge in [-0.15, -0.1) is 0 Å². The average Bonchev–Trinajstić information content (AvgIpc) is 3.41. The molecule has 2 aromatic carbocycles. The predicted octanol–water partition coefficient (Wildman–Crippen LogP) is 3.05. The maximum atomic E-state index is 13.3. The highest BCUT2D eigenvalue weighted by atomic mass is 16.3. The molecule has 0 unspecified atom stereocenters. The number of para-hydroxylation sites is 1. The Morgan fingerprint density at radius 3 is 2.42 bits per heavy atom. The molecule has 9 nitrogen and oxygen atoms in total. The van der Waals surface area contributed by atoms with Crippen molar-refractivity contribution in [2.45, 2.75) is 45.8 Å². The number of benzene rings is 2. The summed E-state index contributed by atoms with van der Waals surface area (Å²) in [5.41, 5.74) is 1.13. The Morgan fingerprint density at radius 1 is 0.917 bits per heavy atom. The van der Waals surface area contributed by atoms with Crippen LogP contribution in [0.2, 0.25) is 0 Å². The smallest absolute Gasteiger partial charge is 0.331 e. The molecule has 36 heavy (non-hydrogen) atoms. The van der Waals surface area contributed by atoms with Gasteiger partial charge in [0.2, 0.25) is 11.8 Å². The number of fused-ring (bicyclic) bond motifs is 1. The van der Waals surface area contributed by atoms with Gasteiger partial charge in [-0.2, -0.15) is 0 Å². The molecule has 0 fully saturated rings. The molecule has 0 radical (unpaired) electrons. The number of hydrogen-bond donors (Lipinski definition) is 2. The van der Waals surface area contributed by atoms with Crippen LogP contribution in [-0.4, -0.2) is 20.9 Å². The van der Waals surface area contributed by atoms with Crippen molar-refractivity contribution < 1.29 is 14.0 Å².